The van der Waals surface area contributed by atoms with Gasteiger partial charge in [-0.25, -0.2) is 4.99 Å². The molecule has 0 saturated carbocycles. The predicted octanol–water partition coefficient (Wildman–Crippen LogP) is -1.02. The summed E-state index contributed by atoms with van der Waals surface area (Å²) in [5.74, 6) is 0.384. The maximum absolute atomic E-state index is 12.6. The summed E-state index contributed by atoms with van der Waals surface area (Å²) in [6, 6.07) is 9.35. The first-order valence-corrected chi connectivity index (χ1v) is 11.5. The summed E-state index contributed by atoms with van der Waals surface area (Å²) in [6.45, 7) is -0.267. The van der Waals surface area contributed by atoms with Gasteiger partial charge in [-0.15, -0.1) is 11.8 Å². The number of hydrogen-bond donors (Lipinski definition) is 5. The molecule has 2 aliphatic heterocycles. The highest BCUT2D eigenvalue weighted by Gasteiger charge is 2.43. The largest absolute Gasteiger partial charge is 0.394 e. The molecule has 1 aromatic carbocycles. The van der Waals surface area contributed by atoms with Gasteiger partial charge in [0.05, 0.1) is 24.2 Å². The summed E-state index contributed by atoms with van der Waals surface area (Å²) in [4.78, 5) is 30.2. The fourth-order valence-electron chi connectivity index (χ4n) is 3.61. The summed E-state index contributed by atoms with van der Waals surface area (Å²) in [7, 11) is 0. The van der Waals surface area contributed by atoms with Crippen molar-refractivity contribution in [1.29, 1.82) is 0 Å². The van der Waals surface area contributed by atoms with Crippen LogP contribution in [0, 0.1) is 0 Å². The summed E-state index contributed by atoms with van der Waals surface area (Å²) in [5, 5.41) is 38.4. The number of carbonyl (C=O) groups is 2. The Balaban J connectivity index is 1.44. The molecular formula is C21H29N3O7S. The SMILES string of the molecule is N/C(CCCSC1CC(=O)N(Cc2ccccc2)C1=O)=N\[C@@H]1O[C@H](CO)[C@H](O)[C@H](O)[C@H]1O. The summed E-state index contributed by atoms with van der Waals surface area (Å²) < 4.78 is 5.30. The van der Waals surface area contributed by atoms with Crippen LogP contribution in [0.2, 0.25) is 0 Å². The maximum atomic E-state index is 12.6. The monoisotopic (exact) mass is 467 g/mol. The molecule has 0 spiro atoms. The lowest BCUT2D eigenvalue weighted by molar-refractivity contribution is -0.226. The van der Waals surface area contributed by atoms with Crippen LogP contribution in [-0.2, 0) is 20.9 Å². The topological polar surface area (TPSA) is 166 Å². The number of benzene rings is 1. The number of aliphatic hydroxyl groups is 4. The Labute approximate surface area is 190 Å². The number of thioether (sulfide) groups is 1. The van der Waals surface area contributed by atoms with Gasteiger partial charge in [-0.3, -0.25) is 14.5 Å². The zero-order chi connectivity index (χ0) is 23.3. The van der Waals surface area contributed by atoms with E-state index in [0.29, 0.717) is 18.6 Å². The minimum absolute atomic E-state index is 0.171. The molecule has 2 heterocycles. The van der Waals surface area contributed by atoms with E-state index in [0.717, 1.165) is 5.56 Å². The second-order valence-electron chi connectivity index (χ2n) is 7.81. The van der Waals surface area contributed by atoms with Crippen LogP contribution < -0.4 is 5.73 Å². The first-order valence-electron chi connectivity index (χ1n) is 10.4. The third-order valence-corrected chi connectivity index (χ3v) is 6.74. The molecule has 0 bridgehead atoms. The number of imide groups is 1. The van der Waals surface area contributed by atoms with Gasteiger partial charge in [-0.2, -0.15) is 0 Å². The van der Waals surface area contributed by atoms with Gasteiger partial charge < -0.3 is 30.9 Å². The standard InChI is InChI=1S/C21H29N3O7S/c22-15(23-20-19(29)18(28)17(27)13(11-25)31-20)7-4-8-32-14-9-16(26)24(21(14)30)10-12-5-2-1-3-6-12/h1-3,5-6,13-14,17-20,25,27-29H,4,7-11H2,(H2,22,23)/t13-,14?,17+,18+,19-,20-/m1/s1. The highest BCUT2D eigenvalue weighted by atomic mass is 32.2. The predicted molar refractivity (Wildman–Crippen MR) is 117 cm³/mol. The first-order chi connectivity index (χ1) is 15.3. The van der Waals surface area contributed by atoms with Crippen LogP contribution in [0.1, 0.15) is 24.8 Å². The van der Waals surface area contributed by atoms with E-state index in [2.05, 4.69) is 4.99 Å². The molecular weight excluding hydrogens is 438 g/mol. The van der Waals surface area contributed by atoms with E-state index in [-0.39, 0.29) is 30.6 Å². The Morgan fingerprint density at radius 1 is 1.16 bits per heavy atom. The van der Waals surface area contributed by atoms with Crippen molar-refractivity contribution in [3.8, 4) is 0 Å². The van der Waals surface area contributed by atoms with Crippen molar-refractivity contribution >= 4 is 29.4 Å². The third kappa shape index (κ3) is 5.85. The molecule has 6 atom stereocenters. The molecule has 32 heavy (non-hydrogen) atoms. The van der Waals surface area contributed by atoms with E-state index in [1.165, 1.54) is 16.7 Å². The summed E-state index contributed by atoms with van der Waals surface area (Å²) in [6.07, 6.45) is -5.58. The molecule has 0 aliphatic carbocycles. The number of amides is 2. The second kappa shape index (κ2) is 11.2. The number of ether oxygens (including phenoxy) is 1. The Morgan fingerprint density at radius 3 is 2.56 bits per heavy atom. The van der Waals surface area contributed by atoms with Crippen LogP contribution in [0.15, 0.2) is 35.3 Å². The lowest BCUT2D eigenvalue weighted by Crippen LogP contribution is -2.58. The molecule has 6 N–H and O–H groups in total. The molecule has 10 nitrogen and oxygen atoms in total. The molecule has 3 rings (SSSR count). The number of aliphatic imine (C=N–C) groups is 1. The van der Waals surface area contributed by atoms with Crippen LogP contribution in [0.3, 0.4) is 0 Å². The van der Waals surface area contributed by atoms with E-state index < -0.39 is 42.5 Å². The van der Waals surface area contributed by atoms with Gasteiger partial charge in [0.2, 0.25) is 11.8 Å². The molecule has 2 aliphatic rings. The molecule has 2 fully saturated rings. The van der Waals surface area contributed by atoms with Gasteiger partial charge in [0.15, 0.2) is 6.23 Å². The average Bonchev–Trinajstić information content (AvgIpc) is 3.05. The Morgan fingerprint density at radius 2 is 1.88 bits per heavy atom. The van der Waals surface area contributed by atoms with Gasteiger partial charge >= 0.3 is 0 Å². The third-order valence-electron chi connectivity index (χ3n) is 5.44. The first kappa shape index (κ1) is 24.6. The Bertz CT molecular complexity index is 823. The fraction of sp³-hybridized carbons (Fsp3) is 0.571. The number of likely N-dealkylation sites (tertiary alicyclic amines) is 1. The normalized spacial score (nSPS) is 31.4. The van der Waals surface area contributed by atoms with Gasteiger partial charge in [0, 0.05) is 12.8 Å². The Hall–Kier alpha value is -2.02. The second-order valence-corrected chi connectivity index (χ2v) is 9.12. The molecule has 2 saturated heterocycles. The van der Waals surface area contributed by atoms with Crippen LogP contribution in [0.4, 0.5) is 0 Å². The number of nitrogens with two attached hydrogens (primary N) is 1. The minimum atomic E-state index is -1.51. The fourth-order valence-corrected chi connectivity index (χ4v) is 4.74. The highest BCUT2D eigenvalue weighted by Crippen LogP contribution is 2.27. The molecule has 176 valence electrons. The molecule has 0 aromatic heterocycles. The minimum Gasteiger partial charge on any atom is -0.394 e. The number of carbonyl (C=O) groups excluding carboxylic acids is 2. The van der Waals surface area contributed by atoms with Gasteiger partial charge in [-0.1, -0.05) is 30.3 Å². The van der Waals surface area contributed by atoms with Gasteiger partial charge in [0.25, 0.3) is 0 Å². The van der Waals surface area contributed by atoms with Crippen molar-refractivity contribution in [3.05, 3.63) is 35.9 Å². The lowest BCUT2D eigenvalue weighted by atomic mass is 9.98. The van der Waals surface area contributed by atoms with Crippen LogP contribution >= 0.6 is 11.8 Å². The van der Waals surface area contributed by atoms with Crippen molar-refractivity contribution in [2.75, 3.05) is 12.4 Å². The van der Waals surface area contributed by atoms with Gasteiger partial charge in [0.1, 0.15) is 24.4 Å². The van der Waals surface area contributed by atoms with E-state index in [1.54, 1.807) is 0 Å². The van der Waals surface area contributed by atoms with Crippen molar-refractivity contribution in [3.63, 3.8) is 0 Å². The molecule has 1 aromatic rings. The summed E-state index contributed by atoms with van der Waals surface area (Å²) in [5.41, 5.74) is 6.80. The van der Waals surface area contributed by atoms with Crippen molar-refractivity contribution in [2.45, 2.75) is 61.7 Å². The number of aliphatic hydroxyl groups excluding tert-OH is 4. The van der Waals surface area contributed by atoms with Crippen LogP contribution in [0.25, 0.3) is 0 Å². The molecule has 0 radical (unpaired) electrons. The number of nitrogens with zero attached hydrogens (tertiary/aromatic N) is 2. The smallest absolute Gasteiger partial charge is 0.243 e. The lowest BCUT2D eigenvalue weighted by Gasteiger charge is -2.38. The number of hydrogen-bond acceptors (Lipinski definition) is 9. The Kier molecular flexibility index (Phi) is 8.63. The zero-order valence-corrected chi connectivity index (χ0v) is 18.3. The van der Waals surface area contributed by atoms with Crippen molar-refractivity contribution < 1.29 is 34.8 Å². The van der Waals surface area contributed by atoms with Crippen LogP contribution in [0.5, 0.6) is 0 Å². The zero-order valence-electron chi connectivity index (χ0n) is 17.5. The summed E-state index contributed by atoms with van der Waals surface area (Å²) >= 11 is 1.39. The van der Waals surface area contributed by atoms with E-state index in [9.17, 15) is 30.0 Å². The van der Waals surface area contributed by atoms with E-state index in [1.807, 2.05) is 30.3 Å². The number of rotatable bonds is 9. The maximum Gasteiger partial charge on any atom is 0.243 e. The number of amidine groups is 1. The van der Waals surface area contributed by atoms with Crippen molar-refractivity contribution in [2.24, 2.45) is 10.7 Å². The van der Waals surface area contributed by atoms with Crippen molar-refractivity contribution in [1.82, 2.24) is 4.90 Å². The molecule has 2 amide bonds. The van der Waals surface area contributed by atoms with E-state index >= 15 is 0 Å². The quantitative estimate of drug-likeness (QED) is 0.132. The highest BCUT2D eigenvalue weighted by molar-refractivity contribution is 8.00. The van der Waals surface area contributed by atoms with Gasteiger partial charge in [-0.05, 0) is 17.7 Å². The average molecular weight is 468 g/mol. The molecule has 1 unspecified atom stereocenters. The molecule has 11 heteroatoms. The van der Waals surface area contributed by atoms with E-state index in [4.69, 9.17) is 10.5 Å². The van der Waals surface area contributed by atoms with Crippen LogP contribution in [-0.4, -0.2) is 91.2 Å².